The summed E-state index contributed by atoms with van der Waals surface area (Å²) in [7, 11) is 0. The number of nitrogens with two attached hydrogens (primary N) is 1. The number of hydrogen-bond acceptors (Lipinski definition) is 5. The molecular weight excluding hydrogens is 468 g/mol. The predicted molar refractivity (Wildman–Crippen MR) is 143 cm³/mol. The number of H-pyrrole nitrogens is 1. The van der Waals surface area contributed by atoms with Gasteiger partial charge in [-0.05, 0) is 70.3 Å². The summed E-state index contributed by atoms with van der Waals surface area (Å²) in [5, 5.41) is 3.95. The predicted octanol–water partition coefficient (Wildman–Crippen LogP) is 3.69. The highest BCUT2D eigenvalue weighted by Gasteiger charge is 2.38. The second-order valence-corrected chi connectivity index (χ2v) is 10.5. The molecule has 0 fully saturated rings. The number of unbranched alkanes of at least 4 members (excludes halogenated alkanes) is 1. The van der Waals surface area contributed by atoms with Crippen LogP contribution in [-0.4, -0.2) is 51.9 Å². The molecule has 1 aliphatic rings. The molecule has 1 aliphatic heterocycles. The highest BCUT2D eigenvalue weighted by Crippen LogP contribution is 2.31. The van der Waals surface area contributed by atoms with Crippen molar-refractivity contribution < 1.29 is 19.1 Å². The molecule has 4 N–H and O–H groups in total. The largest absolute Gasteiger partial charge is 0.458 e. The van der Waals surface area contributed by atoms with E-state index in [2.05, 4.69) is 10.3 Å². The monoisotopic (exact) mass is 504 g/mol. The van der Waals surface area contributed by atoms with Crippen LogP contribution in [0.1, 0.15) is 61.6 Å². The minimum absolute atomic E-state index is 0.234. The SMILES string of the molecule is CC(C)(C)OC(=O)C(CCCCN)NC(=O)C1Cc2c([nH]c3ccccc23)CN1C(=O)c1ccccc1. The molecule has 8 nitrogen and oxygen atoms in total. The molecule has 2 unspecified atom stereocenters. The Morgan fingerprint density at radius 1 is 1.08 bits per heavy atom. The number of aromatic nitrogens is 1. The highest BCUT2D eigenvalue weighted by atomic mass is 16.6. The van der Waals surface area contributed by atoms with Crippen LogP contribution in [0.4, 0.5) is 0 Å². The van der Waals surface area contributed by atoms with Crippen molar-refractivity contribution in [2.45, 2.75) is 70.7 Å². The Morgan fingerprint density at radius 3 is 2.49 bits per heavy atom. The maximum atomic E-state index is 13.8. The molecule has 2 atom stereocenters. The summed E-state index contributed by atoms with van der Waals surface area (Å²) in [5.41, 5.74) is 8.37. The molecule has 1 aromatic heterocycles. The summed E-state index contributed by atoms with van der Waals surface area (Å²) < 4.78 is 5.59. The van der Waals surface area contributed by atoms with Crippen molar-refractivity contribution in [2.75, 3.05) is 6.54 Å². The van der Waals surface area contributed by atoms with Crippen LogP contribution in [0.2, 0.25) is 0 Å². The molecule has 2 heterocycles. The molecule has 0 radical (unpaired) electrons. The fourth-order valence-electron chi connectivity index (χ4n) is 4.78. The number of fused-ring (bicyclic) bond motifs is 3. The topological polar surface area (TPSA) is 118 Å². The van der Waals surface area contributed by atoms with Crippen molar-refractivity contribution >= 4 is 28.7 Å². The van der Waals surface area contributed by atoms with Gasteiger partial charge in [-0.25, -0.2) is 4.79 Å². The Hall–Kier alpha value is -3.65. The van der Waals surface area contributed by atoms with Crippen LogP contribution in [0.15, 0.2) is 54.6 Å². The van der Waals surface area contributed by atoms with Gasteiger partial charge < -0.3 is 25.7 Å². The average molecular weight is 505 g/mol. The number of aromatic amines is 1. The minimum Gasteiger partial charge on any atom is -0.458 e. The van der Waals surface area contributed by atoms with E-state index >= 15 is 0 Å². The lowest BCUT2D eigenvalue weighted by atomic mass is 9.94. The van der Waals surface area contributed by atoms with E-state index in [1.165, 1.54) is 0 Å². The first-order valence-corrected chi connectivity index (χ1v) is 12.9. The summed E-state index contributed by atoms with van der Waals surface area (Å²) in [6.45, 7) is 6.15. The molecule has 0 bridgehead atoms. The molecule has 2 aromatic carbocycles. The molecule has 37 heavy (non-hydrogen) atoms. The fourth-order valence-corrected chi connectivity index (χ4v) is 4.78. The van der Waals surface area contributed by atoms with Crippen LogP contribution in [0.25, 0.3) is 10.9 Å². The van der Waals surface area contributed by atoms with Gasteiger partial charge >= 0.3 is 5.97 Å². The molecule has 196 valence electrons. The molecule has 8 heteroatoms. The minimum atomic E-state index is -0.823. The van der Waals surface area contributed by atoms with Gasteiger partial charge in [0.05, 0.1) is 6.54 Å². The molecule has 0 spiro atoms. The second kappa shape index (κ2) is 11.2. The Kier molecular flexibility index (Phi) is 7.97. The van der Waals surface area contributed by atoms with E-state index in [9.17, 15) is 14.4 Å². The summed E-state index contributed by atoms with van der Waals surface area (Å²) in [6, 6.07) is 15.3. The Morgan fingerprint density at radius 2 is 1.78 bits per heavy atom. The number of nitrogens with zero attached hydrogens (tertiary/aromatic N) is 1. The second-order valence-electron chi connectivity index (χ2n) is 10.5. The zero-order valence-electron chi connectivity index (χ0n) is 21.8. The van der Waals surface area contributed by atoms with Crippen molar-refractivity contribution in [2.24, 2.45) is 5.73 Å². The first kappa shape index (κ1) is 26.4. The molecule has 0 saturated heterocycles. The quantitative estimate of drug-likeness (QED) is 0.319. The molecule has 0 aliphatic carbocycles. The number of ether oxygens (including phenoxy) is 1. The van der Waals surface area contributed by atoms with Crippen LogP contribution >= 0.6 is 0 Å². The number of esters is 1. The third kappa shape index (κ3) is 6.20. The van der Waals surface area contributed by atoms with E-state index in [1.54, 1.807) is 49.9 Å². The number of carbonyl (C=O) groups is 3. The molecule has 3 aromatic rings. The first-order valence-electron chi connectivity index (χ1n) is 12.9. The molecule has 0 saturated carbocycles. The third-order valence-electron chi connectivity index (χ3n) is 6.54. The number of rotatable bonds is 8. The summed E-state index contributed by atoms with van der Waals surface area (Å²) >= 11 is 0. The smallest absolute Gasteiger partial charge is 0.329 e. The number of hydrogen-bond donors (Lipinski definition) is 3. The van der Waals surface area contributed by atoms with Crippen molar-refractivity contribution in [1.29, 1.82) is 0 Å². The van der Waals surface area contributed by atoms with E-state index in [0.717, 1.165) is 28.6 Å². The Balaban J connectivity index is 1.64. The van der Waals surface area contributed by atoms with Crippen LogP contribution in [0.5, 0.6) is 0 Å². The Labute approximate surface area is 217 Å². The Bertz CT molecular complexity index is 1260. The van der Waals surface area contributed by atoms with Crippen molar-refractivity contribution in [1.82, 2.24) is 15.2 Å². The van der Waals surface area contributed by atoms with Crippen molar-refractivity contribution in [3.63, 3.8) is 0 Å². The maximum Gasteiger partial charge on any atom is 0.329 e. The zero-order valence-corrected chi connectivity index (χ0v) is 21.8. The van der Waals surface area contributed by atoms with E-state index < -0.39 is 23.7 Å². The van der Waals surface area contributed by atoms with Crippen LogP contribution in [-0.2, 0) is 27.3 Å². The van der Waals surface area contributed by atoms with Gasteiger partial charge in [-0.15, -0.1) is 0 Å². The average Bonchev–Trinajstić information content (AvgIpc) is 3.24. The summed E-state index contributed by atoms with van der Waals surface area (Å²) in [4.78, 5) is 45.4. The fraction of sp³-hybridized carbons (Fsp3) is 0.414. The van der Waals surface area contributed by atoms with Crippen molar-refractivity contribution in [3.8, 4) is 0 Å². The van der Waals surface area contributed by atoms with E-state index in [-0.39, 0.29) is 18.4 Å². The van der Waals surface area contributed by atoms with Crippen LogP contribution in [0.3, 0.4) is 0 Å². The van der Waals surface area contributed by atoms with Gasteiger partial charge in [0, 0.05) is 28.6 Å². The van der Waals surface area contributed by atoms with Gasteiger partial charge in [0.1, 0.15) is 17.7 Å². The van der Waals surface area contributed by atoms with E-state index in [0.29, 0.717) is 31.4 Å². The summed E-state index contributed by atoms with van der Waals surface area (Å²) in [5.74, 6) is -1.09. The van der Waals surface area contributed by atoms with E-state index in [1.807, 2.05) is 30.3 Å². The molecule has 4 rings (SSSR count). The lowest BCUT2D eigenvalue weighted by Crippen LogP contribution is -2.56. The maximum absolute atomic E-state index is 13.8. The number of amides is 2. The zero-order chi connectivity index (χ0) is 26.6. The van der Waals surface area contributed by atoms with Crippen LogP contribution < -0.4 is 11.1 Å². The summed E-state index contributed by atoms with van der Waals surface area (Å²) in [6.07, 6.45) is 2.16. The van der Waals surface area contributed by atoms with Gasteiger partial charge in [0.15, 0.2) is 0 Å². The number of benzene rings is 2. The van der Waals surface area contributed by atoms with Gasteiger partial charge in [-0.1, -0.05) is 36.4 Å². The number of nitrogens with one attached hydrogen (secondary N) is 2. The molecule has 2 amide bonds. The highest BCUT2D eigenvalue weighted by molar-refractivity contribution is 5.99. The van der Waals surface area contributed by atoms with Crippen molar-refractivity contribution in [3.05, 3.63) is 71.4 Å². The van der Waals surface area contributed by atoms with Gasteiger partial charge in [0.25, 0.3) is 5.91 Å². The van der Waals surface area contributed by atoms with Gasteiger partial charge in [-0.3, -0.25) is 9.59 Å². The van der Waals surface area contributed by atoms with E-state index in [4.69, 9.17) is 10.5 Å². The molecular formula is C29H36N4O4. The van der Waals surface area contributed by atoms with Gasteiger partial charge in [-0.2, -0.15) is 0 Å². The lowest BCUT2D eigenvalue weighted by Gasteiger charge is -2.36. The lowest BCUT2D eigenvalue weighted by molar-refractivity contribution is -0.159. The first-order chi connectivity index (χ1) is 17.7. The number of para-hydroxylation sites is 1. The standard InChI is InChI=1S/C29H36N4O4/c1-29(2,3)37-28(36)23(15-9-10-16-30)32-26(34)25-17-21-20-13-7-8-14-22(20)31-24(21)18-33(25)27(35)19-11-5-4-6-12-19/h4-8,11-14,23,25,31H,9-10,15-18,30H2,1-3H3,(H,32,34). The normalized spacial score (nSPS) is 16.2. The van der Waals surface area contributed by atoms with Gasteiger partial charge in [0.2, 0.25) is 5.91 Å². The van der Waals surface area contributed by atoms with Crippen LogP contribution in [0, 0.1) is 0 Å². The third-order valence-corrected chi connectivity index (χ3v) is 6.54. The number of carbonyl (C=O) groups excluding carboxylic acids is 3.